The molecular formula is C10H16N2O. The van der Waals surface area contributed by atoms with Gasteiger partial charge in [0.15, 0.2) is 0 Å². The Morgan fingerprint density at radius 2 is 2.23 bits per heavy atom. The number of hydrogen-bond acceptors (Lipinski definition) is 3. The second-order valence-electron chi connectivity index (χ2n) is 3.21. The fourth-order valence-electron chi connectivity index (χ4n) is 1.30. The molecular weight excluding hydrogens is 164 g/mol. The topological polar surface area (TPSA) is 36.4 Å². The Hall–Kier alpha value is -1.09. The van der Waals surface area contributed by atoms with E-state index in [0.29, 0.717) is 0 Å². The summed E-state index contributed by atoms with van der Waals surface area (Å²) in [4.78, 5) is 6.27. The van der Waals surface area contributed by atoms with Gasteiger partial charge in [-0.2, -0.15) is 0 Å². The van der Waals surface area contributed by atoms with Gasteiger partial charge in [0.05, 0.1) is 0 Å². The molecule has 0 aliphatic rings. The summed E-state index contributed by atoms with van der Waals surface area (Å²) in [7, 11) is 3.95. The fourth-order valence-corrected chi connectivity index (χ4v) is 1.30. The molecule has 3 heteroatoms. The minimum atomic E-state index is 0.238. The monoisotopic (exact) mass is 180 g/mol. The van der Waals surface area contributed by atoms with E-state index in [9.17, 15) is 0 Å². The van der Waals surface area contributed by atoms with Gasteiger partial charge in [-0.1, -0.05) is 6.07 Å². The van der Waals surface area contributed by atoms with E-state index in [-0.39, 0.29) is 6.61 Å². The molecule has 0 atom stereocenters. The predicted octanol–water partition coefficient (Wildman–Crippen LogP) is 1.07. The van der Waals surface area contributed by atoms with Gasteiger partial charge in [0.25, 0.3) is 0 Å². The average Bonchev–Trinajstić information content (AvgIpc) is 2.15. The summed E-state index contributed by atoms with van der Waals surface area (Å²) < 4.78 is 0. The van der Waals surface area contributed by atoms with Crippen LogP contribution in [0.5, 0.6) is 0 Å². The third-order valence-corrected chi connectivity index (χ3v) is 1.90. The van der Waals surface area contributed by atoms with E-state index in [1.165, 1.54) is 5.56 Å². The molecule has 1 heterocycles. The van der Waals surface area contributed by atoms with Crippen LogP contribution >= 0.6 is 0 Å². The van der Waals surface area contributed by atoms with Gasteiger partial charge in [0.1, 0.15) is 5.82 Å². The molecule has 13 heavy (non-hydrogen) atoms. The van der Waals surface area contributed by atoms with Crippen molar-refractivity contribution in [1.29, 1.82) is 0 Å². The van der Waals surface area contributed by atoms with Crippen LogP contribution in [0.2, 0.25) is 0 Å². The first kappa shape index (κ1) is 9.99. The fraction of sp³-hybridized carbons (Fsp3) is 0.500. The van der Waals surface area contributed by atoms with E-state index in [1.807, 2.05) is 25.1 Å². The Labute approximate surface area is 79.0 Å². The van der Waals surface area contributed by atoms with Crippen molar-refractivity contribution in [2.75, 3.05) is 25.6 Å². The van der Waals surface area contributed by atoms with E-state index in [0.717, 1.165) is 18.7 Å². The molecule has 1 aromatic heterocycles. The number of hydrogen-bond donors (Lipinski definition) is 1. The first-order valence-electron chi connectivity index (χ1n) is 4.47. The Morgan fingerprint density at radius 3 is 2.85 bits per heavy atom. The number of nitrogens with zero attached hydrogens (tertiary/aromatic N) is 2. The van der Waals surface area contributed by atoms with Crippen LogP contribution in [0.25, 0.3) is 0 Å². The molecule has 1 N–H and O–H groups in total. The molecule has 0 saturated carbocycles. The summed E-state index contributed by atoms with van der Waals surface area (Å²) in [6.07, 6.45) is 3.47. The number of aliphatic hydroxyl groups excluding tert-OH is 1. The van der Waals surface area contributed by atoms with Crippen LogP contribution in [0.1, 0.15) is 12.0 Å². The molecule has 0 saturated heterocycles. The molecule has 0 aliphatic heterocycles. The summed E-state index contributed by atoms with van der Waals surface area (Å²) in [5.41, 5.74) is 1.20. The summed E-state index contributed by atoms with van der Waals surface area (Å²) in [5, 5.41) is 8.72. The van der Waals surface area contributed by atoms with Crippen molar-refractivity contribution in [2.45, 2.75) is 12.8 Å². The molecule has 0 aliphatic carbocycles. The van der Waals surface area contributed by atoms with Crippen molar-refractivity contribution in [1.82, 2.24) is 4.98 Å². The van der Waals surface area contributed by atoms with E-state index < -0.39 is 0 Å². The van der Waals surface area contributed by atoms with Crippen molar-refractivity contribution in [3.8, 4) is 0 Å². The minimum absolute atomic E-state index is 0.238. The normalized spacial score (nSPS) is 10.1. The number of aromatic nitrogens is 1. The number of aliphatic hydroxyl groups is 1. The highest BCUT2D eigenvalue weighted by molar-refractivity contribution is 5.45. The van der Waals surface area contributed by atoms with Crippen molar-refractivity contribution in [2.24, 2.45) is 0 Å². The highest BCUT2D eigenvalue weighted by atomic mass is 16.2. The second kappa shape index (κ2) is 4.82. The van der Waals surface area contributed by atoms with Crippen LogP contribution in [-0.4, -0.2) is 30.8 Å². The van der Waals surface area contributed by atoms with Gasteiger partial charge >= 0.3 is 0 Å². The maximum Gasteiger partial charge on any atom is 0.131 e. The van der Waals surface area contributed by atoms with Gasteiger partial charge in [0, 0.05) is 26.9 Å². The third-order valence-electron chi connectivity index (χ3n) is 1.90. The standard InChI is InChI=1S/C10H16N2O/c1-12(2)10-9(6-4-8-13)5-3-7-11-10/h3,5,7,13H,4,6,8H2,1-2H3. The lowest BCUT2D eigenvalue weighted by atomic mass is 10.1. The molecule has 0 bridgehead atoms. The van der Waals surface area contributed by atoms with Gasteiger partial charge in [0.2, 0.25) is 0 Å². The summed E-state index contributed by atoms with van der Waals surface area (Å²) >= 11 is 0. The van der Waals surface area contributed by atoms with Crippen molar-refractivity contribution >= 4 is 5.82 Å². The maximum absolute atomic E-state index is 8.72. The Balaban J connectivity index is 2.78. The van der Waals surface area contributed by atoms with Crippen LogP contribution in [0.4, 0.5) is 5.82 Å². The molecule has 0 unspecified atom stereocenters. The maximum atomic E-state index is 8.72. The second-order valence-corrected chi connectivity index (χ2v) is 3.21. The average molecular weight is 180 g/mol. The molecule has 72 valence electrons. The lowest BCUT2D eigenvalue weighted by Gasteiger charge is -2.15. The molecule has 0 fully saturated rings. The molecule has 0 amide bonds. The van der Waals surface area contributed by atoms with Crippen LogP contribution in [-0.2, 0) is 6.42 Å². The summed E-state index contributed by atoms with van der Waals surface area (Å²) in [6, 6.07) is 3.98. The van der Waals surface area contributed by atoms with Gasteiger partial charge in [-0.05, 0) is 24.5 Å². The van der Waals surface area contributed by atoms with Gasteiger partial charge in [-0.15, -0.1) is 0 Å². The third kappa shape index (κ3) is 2.70. The quantitative estimate of drug-likeness (QED) is 0.753. The summed E-state index contributed by atoms with van der Waals surface area (Å²) in [5.74, 6) is 0.996. The minimum Gasteiger partial charge on any atom is -0.396 e. The zero-order valence-corrected chi connectivity index (χ0v) is 8.20. The van der Waals surface area contributed by atoms with Gasteiger partial charge < -0.3 is 10.0 Å². The van der Waals surface area contributed by atoms with Crippen molar-refractivity contribution in [3.05, 3.63) is 23.9 Å². The number of pyridine rings is 1. The van der Waals surface area contributed by atoms with Crippen molar-refractivity contribution in [3.63, 3.8) is 0 Å². The van der Waals surface area contributed by atoms with Crippen LogP contribution in [0, 0.1) is 0 Å². The van der Waals surface area contributed by atoms with Crippen LogP contribution < -0.4 is 4.90 Å². The van der Waals surface area contributed by atoms with Crippen LogP contribution in [0.3, 0.4) is 0 Å². The SMILES string of the molecule is CN(C)c1ncccc1CCCO. The molecule has 1 rings (SSSR count). The molecule has 3 nitrogen and oxygen atoms in total. The smallest absolute Gasteiger partial charge is 0.131 e. The largest absolute Gasteiger partial charge is 0.396 e. The molecule has 0 aromatic carbocycles. The molecule has 1 aromatic rings. The Morgan fingerprint density at radius 1 is 1.46 bits per heavy atom. The lowest BCUT2D eigenvalue weighted by molar-refractivity contribution is 0.288. The van der Waals surface area contributed by atoms with Crippen molar-refractivity contribution < 1.29 is 5.11 Å². The molecule has 0 radical (unpaired) electrons. The van der Waals surface area contributed by atoms with E-state index >= 15 is 0 Å². The van der Waals surface area contributed by atoms with E-state index in [2.05, 4.69) is 11.1 Å². The number of rotatable bonds is 4. The van der Waals surface area contributed by atoms with Crippen LogP contribution in [0.15, 0.2) is 18.3 Å². The highest BCUT2D eigenvalue weighted by Crippen LogP contribution is 2.15. The van der Waals surface area contributed by atoms with Gasteiger partial charge in [-0.3, -0.25) is 0 Å². The predicted molar refractivity (Wildman–Crippen MR) is 54.0 cm³/mol. The Bertz CT molecular complexity index is 261. The first-order valence-corrected chi connectivity index (χ1v) is 4.47. The zero-order chi connectivity index (χ0) is 9.68. The first-order chi connectivity index (χ1) is 6.25. The zero-order valence-electron chi connectivity index (χ0n) is 8.20. The number of anilines is 1. The lowest BCUT2D eigenvalue weighted by Crippen LogP contribution is -2.13. The molecule has 0 spiro atoms. The van der Waals surface area contributed by atoms with Gasteiger partial charge in [-0.25, -0.2) is 4.98 Å². The van der Waals surface area contributed by atoms with E-state index in [1.54, 1.807) is 6.20 Å². The van der Waals surface area contributed by atoms with E-state index in [4.69, 9.17) is 5.11 Å². The highest BCUT2D eigenvalue weighted by Gasteiger charge is 2.03. The summed E-state index contributed by atoms with van der Waals surface area (Å²) in [6.45, 7) is 0.238. The Kier molecular flexibility index (Phi) is 3.71. The number of aryl methyl sites for hydroxylation is 1.